The van der Waals surface area contributed by atoms with Crippen LogP contribution in [-0.2, 0) is 0 Å². The number of hydrogen-bond donors (Lipinski definition) is 0. The Kier molecular flexibility index (Phi) is 7.26. The van der Waals surface area contributed by atoms with E-state index in [2.05, 4.69) is 23.2 Å². The molecule has 3 heteroatoms. The van der Waals surface area contributed by atoms with Crippen molar-refractivity contribution >= 4 is 26.6 Å². The predicted molar refractivity (Wildman–Crippen MR) is 47.5 cm³/mol. The minimum atomic E-state index is -0.0818. The van der Waals surface area contributed by atoms with E-state index in [1.807, 2.05) is 0 Å². The molecule has 0 aliphatic carbocycles. The summed E-state index contributed by atoms with van der Waals surface area (Å²) in [7, 11) is 4.82. The van der Waals surface area contributed by atoms with Crippen LogP contribution in [0.2, 0.25) is 12.6 Å². The third-order valence-electron chi connectivity index (χ3n) is 1.17. The smallest absolute Gasteiger partial charge is 0.0216 e. The topological polar surface area (TPSA) is 0 Å². The molecule has 0 rings (SSSR count). The van der Waals surface area contributed by atoms with Crippen LogP contribution in [0.5, 0.6) is 0 Å². The Morgan fingerprint density at radius 1 is 1.44 bits per heavy atom. The van der Waals surface area contributed by atoms with Crippen LogP contribution >= 0.6 is 0 Å². The molecular formula is C6H14Si3. The van der Waals surface area contributed by atoms with Gasteiger partial charge in [-0.25, -0.2) is 0 Å². The second-order valence-corrected chi connectivity index (χ2v) is 11.4. The summed E-state index contributed by atoms with van der Waals surface area (Å²) in [6.07, 6.45) is 4.23. The fraction of sp³-hybridized carbons (Fsp3) is 1.00. The van der Waals surface area contributed by atoms with Gasteiger partial charge in [-0.15, -0.1) is 0 Å². The molecule has 0 fully saturated rings. The van der Waals surface area contributed by atoms with Crippen LogP contribution in [0.1, 0.15) is 26.2 Å². The SMILES string of the molecule is CCCCC[Si][Si](C)[Si]. The van der Waals surface area contributed by atoms with Crippen LogP contribution in [0.4, 0.5) is 0 Å². The normalized spacial score (nSPS) is 10.7. The molecule has 9 heavy (non-hydrogen) atoms. The maximum absolute atomic E-state index is 3.69. The molecule has 0 nitrogen and oxygen atoms in total. The first-order valence-corrected chi connectivity index (χ1v) is 9.27. The van der Waals surface area contributed by atoms with E-state index < -0.39 is 0 Å². The van der Waals surface area contributed by atoms with Crippen molar-refractivity contribution < 1.29 is 0 Å². The lowest BCUT2D eigenvalue weighted by atomic mass is 10.3. The quantitative estimate of drug-likeness (QED) is 0.434. The van der Waals surface area contributed by atoms with Gasteiger partial charge in [-0.3, -0.25) is 0 Å². The highest BCUT2D eigenvalue weighted by Crippen LogP contribution is 1.98. The minimum Gasteiger partial charge on any atom is -0.0761 e. The molecule has 0 spiro atoms. The molecule has 0 atom stereocenters. The van der Waals surface area contributed by atoms with Crippen molar-refractivity contribution in [3.8, 4) is 0 Å². The Morgan fingerprint density at radius 3 is 2.56 bits per heavy atom. The van der Waals surface area contributed by atoms with Gasteiger partial charge in [-0.05, 0) is 0 Å². The van der Waals surface area contributed by atoms with Crippen LogP contribution in [0.3, 0.4) is 0 Å². The number of hydrogen-bond acceptors (Lipinski definition) is 0. The summed E-state index contributed by atoms with van der Waals surface area (Å²) in [5, 5.41) is 0. The maximum Gasteiger partial charge on any atom is 0.0216 e. The van der Waals surface area contributed by atoms with E-state index in [1.165, 1.54) is 34.3 Å². The van der Waals surface area contributed by atoms with Gasteiger partial charge in [0.25, 0.3) is 0 Å². The first-order chi connectivity index (χ1) is 4.27. The van der Waals surface area contributed by atoms with Crippen LogP contribution < -0.4 is 0 Å². The summed E-state index contributed by atoms with van der Waals surface area (Å²) in [5.74, 6) is 0. The summed E-state index contributed by atoms with van der Waals surface area (Å²) in [6, 6.07) is 1.46. The fourth-order valence-corrected chi connectivity index (χ4v) is 4.23. The summed E-state index contributed by atoms with van der Waals surface area (Å²) < 4.78 is 0. The van der Waals surface area contributed by atoms with Crippen LogP contribution in [-0.4, -0.2) is 26.6 Å². The Morgan fingerprint density at radius 2 is 2.11 bits per heavy atom. The second-order valence-electron chi connectivity index (χ2n) is 2.26. The first-order valence-electron chi connectivity index (χ1n) is 3.56. The van der Waals surface area contributed by atoms with Gasteiger partial charge < -0.3 is 0 Å². The monoisotopic (exact) mass is 170 g/mol. The van der Waals surface area contributed by atoms with Gasteiger partial charge in [0.15, 0.2) is 0 Å². The fourth-order valence-electron chi connectivity index (χ4n) is 0.651. The van der Waals surface area contributed by atoms with E-state index in [4.69, 9.17) is 0 Å². The van der Waals surface area contributed by atoms with Gasteiger partial charge in [-0.2, -0.15) is 0 Å². The lowest BCUT2D eigenvalue weighted by molar-refractivity contribution is 0.770. The van der Waals surface area contributed by atoms with Gasteiger partial charge in [0.2, 0.25) is 0 Å². The molecule has 0 saturated heterocycles. The van der Waals surface area contributed by atoms with Crippen molar-refractivity contribution in [2.24, 2.45) is 0 Å². The third-order valence-corrected chi connectivity index (χ3v) is 6.24. The van der Waals surface area contributed by atoms with Crippen LogP contribution in [0, 0.1) is 0 Å². The molecule has 6 radical (unpaired) electrons. The van der Waals surface area contributed by atoms with E-state index in [0.717, 1.165) is 0 Å². The van der Waals surface area contributed by atoms with E-state index >= 15 is 0 Å². The molecular weight excluding hydrogens is 156 g/mol. The van der Waals surface area contributed by atoms with Crippen LogP contribution in [0.15, 0.2) is 0 Å². The van der Waals surface area contributed by atoms with Gasteiger partial charge >= 0.3 is 0 Å². The van der Waals surface area contributed by atoms with Gasteiger partial charge in [-0.1, -0.05) is 38.8 Å². The predicted octanol–water partition coefficient (Wildman–Crippen LogP) is 1.59. The number of rotatable bonds is 5. The van der Waals surface area contributed by atoms with Crippen molar-refractivity contribution in [1.82, 2.24) is 0 Å². The van der Waals surface area contributed by atoms with Crippen molar-refractivity contribution in [2.45, 2.75) is 38.8 Å². The molecule has 0 heterocycles. The standard InChI is InChI=1S/C6H14Si3/c1-3-4-5-6-8-9(2)7/h3-6H2,1-2H3. The summed E-state index contributed by atoms with van der Waals surface area (Å²) in [5.41, 5.74) is 0. The number of unbranched alkanes of at least 4 members (excludes halogenated alkanes) is 2. The van der Waals surface area contributed by atoms with Crippen LogP contribution in [0.25, 0.3) is 0 Å². The van der Waals surface area contributed by atoms with E-state index in [9.17, 15) is 0 Å². The van der Waals surface area contributed by atoms with Crippen molar-refractivity contribution in [2.75, 3.05) is 0 Å². The third kappa shape index (κ3) is 8.65. The highest BCUT2D eigenvalue weighted by atomic mass is 29.5. The first kappa shape index (κ1) is 9.65. The van der Waals surface area contributed by atoms with Crippen molar-refractivity contribution in [3.05, 3.63) is 0 Å². The zero-order valence-corrected chi connectivity index (χ0v) is 9.33. The molecule has 0 aromatic carbocycles. The molecule has 0 unspecified atom stereocenters. The summed E-state index contributed by atoms with van der Waals surface area (Å²) in [6.45, 7) is 4.58. The van der Waals surface area contributed by atoms with Crippen molar-refractivity contribution in [3.63, 3.8) is 0 Å². The average molecular weight is 170 g/mol. The average Bonchev–Trinajstić information content (AvgIpc) is 1.80. The zero-order chi connectivity index (χ0) is 7.11. The minimum absolute atomic E-state index is 0.0818. The van der Waals surface area contributed by atoms with Gasteiger partial charge in [0, 0.05) is 26.6 Å². The van der Waals surface area contributed by atoms with Gasteiger partial charge in [0.05, 0.1) is 0 Å². The molecule has 0 bridgehead atoms. The molecule has 0 aromatic heterocycles. The lowest BCUT2D eigenvalue weighted by Crippen LogP contribution is -2.17. The maximum atomic E-state index is 3.69. The Hall–Kier alpha value is 0.651. The molecule has 0 N–H and O–H groups in total. The van der Waals surface area contributed by atoms with E-state index in [-0.39, 0.29) is 7.83 Å². The molecule has 0 aliphatic rings. The highest BCUT2D eigenvalue weighted by Gasteiger charge is 1.95. The Bertz CT molecular complexity index is 54.3. The molecule has 50 valence electrons. The van der Waals surface area contributed by atoms with Crippen molar-refractivity contribution in [1.29, 1.82) is 0 Å². The van der Waals surface area contributed by atoms with E-state index in [1.54, 1.807) is 0 Å². The molecule has 0 saturated carbocycles. The molecule has 0 aromatic rings. The largest absolute Gasteiger partial charge is 0.0761 e. The molecule has 0 amide bonds. The molecule has 0 aliphatic heterocycles. The zero-order valence-electron chi connectivity index (χ0n) is 6.33. The lowest BCUT2D eigenvalue weighted by Gasteiger charge is -1.98. The van der Waals surface area contributed by atoms with E-state index in [0.29, 0.717) is 0 Å². The Labute approximate surface area is 65.9 Å². The summed E-state index contributed by atoms with van der Waals surface area (Å²) >= 11 is 0. The Balaban J connectivity index is 2.75. The second kappa shape index (κ2) is 6.77. The highest BCUT2D eigenvalue weighted by molar-refractivity contribution is 7.34. The van der Waals surface area contributed by atoms with Gasteiger partial charge in [0.1, 0.15) is 0 Å². The summed E-state index contributed by atoms with van der Waals surface area (Å²) in [4.78, 5) is 0.